The van der Waals surface area contributed by atoms with E-state index < -0.39 is 16.0 Å². The van der Waals surface area contributed by atoms with Crippen molar-refractivity contribution in [3.8, 4) is 0 Å². The van der Waals surface area contributed by atoms with Crippen molar-refractivity contribution in [1.82, 2.24) is 4.31 Å². The summed E-state index contributed by atoms with van der Waals surface area (Å²) in [4.78, 5) is 24.4. The third-order valence-electron chi connectivity index (χ3n) is 5.46. The molecule has 0 aliphatic carbocycles. The number of halogens is 1. The van der Waals surface area contributed by atoms with Gasteiger partial charge >= 0.3 is 5.97 Å². The number of piperidine rings is 1. The lowest BCUT2D eigenvalue weighted by Gasteiger charge is -2.30. The zero-order valence-corrected chi connectivity index (χ0v) is 19.0. The molecule has 1 amide bonds. The van der Waals surface area contributed by atoms with Crippen molar-refractivity contribution >= 4 is 39.2 Å². The van der Waals surface area contributed by atoms with Crippen molar-refractivity contribution < 1.29 is 22.7 Å². The molecule has 3 rings (SSSR count). The third kappa shape index (κ3) is 5.64. The van der Waals surface area contributed by atoms with Gasteiger partial charge < -0.3 is 10.1 Å². The van der Waals surface area contributed by atoms with Crippen LogP contribution in [0.1, 0.15) is 34.3 Å². The van der Waals surface area contributed by atoms with Crippen molar-refractivity contribution in [3.63, 3.8) is 0 Å². The minimum Gasteiger partial charge on any atom is -0.465 e. The highest BCUT2D eigenvalue weighted by molar-refractivity contribution is 7.88. The summed E-state index contributed by atoms with van der Waals surface area (Å²) in [6, 6.07) is 12.0. The second kappa shape index (κ2) is 9.80. The van der Waals surface area contributed by atoms with E-state index in [1.54, 1.807) is 6.07 Å². The molecule has 0 saturated carbocycles. The fraction of sp³-hybridized carbons (Fsp3) is 0.364. The molecule has 0 aromatic heterocycles. The predicted molar refractivity (Wildman–Crippen MR) is 120 cm³/mol. The number of aryl methyl sites for hydroxylation is 1. The number of amides is 1. The summed E-state index contributed by atoms with van der Waals surface area (Å²) in [7, 11) is -2.20. The second-order valence-corrected chi connectivity index (χ2v) is 9.91. The van der Waals surface area contributed by atoms with Gasteiger partial charge in [-0.1, -0.05) is 35.9 Å². The average molecular weight is 465 g/mol. The number of carbonyl (C=O) groups excluding carboxylic acids is 2. The molecule has 1 heterocycles. The third-order valence-corrected chi connectivity index (χ3v) is 7.61. The average Bonchev–Trinajstić information content (AvgIpc) is 2.76. The summed E-state index contributed by atoms with van der Waals surface area (Å²) in [6.45, 7) is 2.48. The fourth-order valence-corrected chi connectivity index (χ4v) is 5.43. The number of nitrogens with zero attached hydrogens (tertiary/aromatic N) is 1. The molecule has 0 unspecified atom stereocenters. The van der Waals surface area contributed by atoms with Crippen molar-refractivity contribution in [1.29, 1.82) is 0 Å². The molecule has 166 valence electrons. The normalized spacial score (nSPS) is 15.5. The summed E-state index contributed by atoms with van der Waals surface area (Å²) in [5.41, 5.74) is 2.32. The van der Waals surface area contributed by atoms with Gasteiger partial charge in [0.15, 0.2) is 0 Å². The van der Waals surface area contributed by atoms with Crippen LogP contribution in [0.4, 0.5) is 5.69 Å². The van der Waals surface area contributed by atoms with E-state index in [4.69, 9.17) is 11.6 Å². The highest BCUT2D eigenvalue weighted by Crippen LogP contribution is 2.25. The Balaban J connectivity index is 1.60. The summed E-state index contributed by atoms with van der Waals surface area (Å²) >= 11 is 6.01. The van der Waals surface area contributed by atoms with Crippen LogP contribution in [0.25, 0.3) is 0 Å². The van der Waals surface area contributed by atoms with Gasteiger partial charge in [-0.05, 0) is 49.1 Å². The smallest absolute Gasteiger partial charge is 0.339 e. The molecule has 1 fully saturated rings. The largest absolute Gasteiger partial charge is 0.465 e. The quantitative estimate of drug-likeness (QED) is 0.659. The number of methoxy groups -OCH3 is 1. The molecule has 0 radical (unpaired) electrons. The molecule has 0 atom stereocenters. The molecule has 9 heteroatoms. The van der Waals surface area contributed by atoms with E-state index in [0.717, 1.165) is 11.1 Å². The number of sulfonamides is 1. The summed E-state index contributed by atoms with van der Waals surface area (Å²) < 4.78 is 31.8. The van der Waals surface area contributed by atoms with Crippen LogP contribution in [-0.2, 0) is 25.3 Å². The Labute approximate surface area is 187 Å². The number of carbonyl (C=O) groups is 2. The Bertz CT molecular complexity index is 1080. The minimum atomic E-state index is -3.45. The zero-order valence-electron chi connectivity index (χ0n) is 17.4. The molecule has 0 bridgehead atoms. The van der Waals surface area contributed by atoms with E-state index >= 15 is 0 Å². The molecule has 1 saturated heterocycles. The SMILES string of the molecule is COC(=O)c1cc(NC(=O)C2CCN(S(=O)(=O)Cc3ccccc3C)CC2)ccc1Cl. The van der Waals surface area contributed by atoms with Gasteiger partial charge in [-0.3, -0.25) is 4.79 Å². The van der Waals surface area contributed by atoms with Gasteiger partial charge in [-0.25, -0.2) is 17.5 Å². The minimum absolute atomic E-state index is 0.0440. The zero-order chi connectivity index (χ0) is 22.6. The lowest BCUT2D eigenvalue weighted by atomic mass is 9.97. The van der Waals surface area contributed by atoms with Crippen LogP contribution < -0.4 is 5.32 Å². The molecule has 2 aromatic carbocycles. The number of ether oxygens (including phenoxy) is 1. The number of rotatable bonds is 6. The van der Waals surface area contributed by atoms with Gasteiger partial charge in [0.25, 0.3) is 0 Å². The van der Waals surface area contributed by atoms with Crippen LogP contribution in [0.15, 0.2) is 42.5 Å². The van der Waals surface area contributed by atoms with Crippen LogP contribution >= 0.6 is 11.6 Å². The van der Waals surface area contributed by atoms with Gasteiger partial charge in [-0.2, -0.15) is 0 Å². The number of nitrogens with one attached hydrogen (secondary N) is 1. The monoisotopic (exact) mass is 464 g/mol. The van der Waals surface area contributed by atoms with E-state index in [9.17, 15) is 18.0 Å². The van der Waals surface area contributed by atoms with E-state index in [1.807, 2.05) is 31.2 Å². The first kappa shape index (κ1) is 23.2. The van der Waals surface area contributed by atoms with E-state index in [1.165, 1.54) is 23.5 Å². The number of benzene rings is 2. The molecule has 2 aromatic rings. The van der Waals surface area contributed by atoms with Crippen LogP contribution in [0.3, 0.4) is 0 Å². The first-order valence-electron chi connectivity index (χ1n) is 9.92. The fourth-order valence-electron chi connectivity index (χ4n) is 3.57. The Morgan fingerprint density at radius 1 is 1.16 bits per heavy atom. The standard InChI is InChI=1S/C22H25ClN2O5S/c1-15-5-3-4-6-17(15)14-31(28,29)25-11-9-16(10-12-25)21(26)24-18-7-8-20(23)19(13-18)22(27)30-2/h3-8,13,16H,9-12,14H2,1-2H3,(H,24,26). The van der Waals surface area contributed by atoms with Gasteiger partial charge in [0, 0.05) is 24.7 Å². The summed E-state index contributed by atoms with van der Waals surface area (Å²) in [5, 5.41) is 3.02. The first-order valence-corrected chi connectivity index (χ1v) is 11.9. The van der Waals surface area contributed by atoms with Crippen LogP contribution in [0, 0.1) is 12.8 Å². The van der Waals surface area contributed by atoms with E-state index in [0.29, 0.717) is 31.6 Å². The Hall–Kier alpha value is -2.42. The molecular weight excluding hydrogens is 440 g/mol. The maximum Gasteiger partial charge on any atom is 0.339 e. The molecular formula is C22H25ClN2O5S. The highest BCUT2D eigenvalue weighted by atomic mass is 35.5. The lowest BCUT2D eigenvalue weighted by Crippen LogP contribution is -2.42. The van der Waals surface area contributed by atoms with Gasteiger partial charge in [-0.15, -0.1) is 0 Å². The maximum atomic E-state index is 12.8. The lowest BCUT2D eigenvalue weighted by molar-refractivity contribution is -0.120. The number of hydrogen-bond acceptors (Lipinski definition) is 5. The van der Waals surface area contributed by atoms with Crippen molar-refractivity contribution in [2.24, 2.45) is 5.92 Å². The number of hydrogen-bond donors (Lipinski definition) is 1. The topological polar surface area (TPSA) is 92.8 Å². The van der Waals surface area contributed by atoms with Crippen LogP contribution in [-0.4, -0.2) is 44.8 Å². The molecule has 1 aliphatic heterocycles. The molecule has 7 nitrogen and oxygen atoms in total. The second-order valence-electron chi connectivity index (χ2n) is 7.53. The summed E-state index contributed by atoms with van der Waals surface area (Å²) in [6.07, 6.45) is 0.854. The summed E-state index contributed by atoms with van der Waals surface area (Å²) in [5.74, 6) is -1.16. The van der Waals surface area contributed by atoms with Crippen molar-refractivity contribution in [2.75, 3.05) is 25.5 Å². The van der Waals surface area contributed by atoms with Gasteiger partial charge in [0.2, 0.25) is 15.9 Å². The van der Waals surface area contributed by atoms with Crippen molar-refractivity contribution in [2.45, 2.75) is 25.5 Å². The van der Waals surface area contributed by atoms with Gasteiger partial charge in [0.05, 0.1) is 23.4 Å². The van der Waals surface area contributed by atoms with Crippen LogP contribution in [0.5, 0.6) is 0 Å². The Morgan fingerprint density at radius 2 is 1.84 bits per heavy atom. The Morgan fingerprint density at radius 3 is 2.48 bits per heavy atom. The molecule has 31 heavy (non-hydrogen) atoms. The number of esters is 1. The van der Waals surface area contributed by atoms with Gasteiger partial charge in [0.1, 0.15) is 0 Å². The molecule has 1 aliphatic rings. The van der Waals surface area contributed by atoms with E-state index in [-0.39, 0.29) is 28.2 Å². The Kier molecular flexibility index (Phi) is 7.35. The highest BCUT2D eigenvalue weighted by Gasteiger charge is 2.31. The number of anilines is 1. The van der Waals surface area contributed by atoms with Crippen LogP contribution in [0.2, 0.25) is 5.02 Å². The molecule has 1 N–H and O–H groups in total. The van der Waals surface area contributed by atoms with E-state index in [2.05, 4.69) is 10.1 Å². The molecule has 0 spiro atoms. The first-order chi connectivity index (χ1) is 14.7. The predicted octanol–water partition coefficient (Wildman–Crippen LogP) is 3.62. The maximum absolute atomic E-state index is 12.8. The van der Waals surface area contributed by atoms with Crippen molar-refractivity contribution in [3.05, 3.63) is 64.2 Å².